The van der Waals surface area contributed by atoms with Crippen molar-refractivity contribution in [2.24, 2.45) is 0 Å². The fourth-order valence-electron chi connectivity index (χ4n) is 2.51. The molecule has 112 valence electrons. The Hall–Kier alpha value is -1.56. The summed E-state index contributed by atoms with van der Waals surface area (Å²) in [6, 6.07) is 7.65. The summed E-state index contributed by atoms with van der Waals surface area (Å²) in [6.07, 6.45) is 5.25. The van der Waals surface area contributed by atoms with Gasteiger partial charge < -0.3 is 23.0 Å². The predicted molar refractivity (Wildman–Crippen MR) is 72.7 cm³/mol. The summed E-state index contributed by atoms with van der Waals surface area (Å²) in [5.41, 5.74) is 0. The highest BCUT2D eigenvalue weighted by atomic mass is 16.6. The van der Waals surface area contributed by atoms with Gasteiger partial charge in [0.15, 0.2) is 0 Å². The van der Waals surface area contributed by atoms with E-state index < -0.39 is 0 Å². The van der Waals surface area contributed by atoms with E-state index in [1.807, 2.05) is 24.3 Å². The van der Waals surface area contributed by atoms with Crippen LogP contribution in [0, 0.1) is 0 Å². The molecule has 2 aromatic heterocycles. The zero-order valence-corrected chi connectivity index (χ0v) is 11.6. The number of hydrogen-bond donors (Lipinski definition) is 0. The first kappa shape index (κ1) is 13.1. The van der Waals surface area contributed by atoms with Gasteiger partial charge in [0, 0.05) is 12.8 Å². The van der Waals surface area contributed by atoms with E-state index in [1.165, 1.54) is 0 Å². The molecule has 21 heavy (non-hydrogen) atoms. The lowest BCUT2D eigenvalue weighted by Crippen LogP contribution is -2.13. The standard InChI is InChI=1S/C16H18O5/c1-3-13(17-5-1)15(7-11-9-19-11)21-16(8-12-10-20-12)14-4-2-6-18-14/h1-6,11-12,15-16H,7-10H2. The maximum atomic E-state index is 6.29. The first-order valence-electron chi connectivity index (χ1n) is 7.34. The van der Waals surface area contributed by atoms with Gasteiger partial charge in [-0.1, -0.05) is 0 Å². The molecule has 0 radical (unpaired) electrons. The Morgan fingerprint density at radius 3 is 1.71 bits per heavy atom. The molecular weight excluding hydrogens is 272 g/mol. The summed E-state index contributed by atoms with van der Waals surface area (Å²) in [6.45, 7) is 1.61. The molecule has 2 aliphatic rings. The first-order chi connectivity index (χ1) is 10.4. The average Bonchev–Trinajstić information content (AvgIpc) is 3.36. The van der Waals surface area contributed by atoms with Crippen molar-refractivity contribution in [3.63, 3.8) is 0 Å². The van der Waals surface area contributed by atoms with Crippen LogP contribution in [-0.2, 0) is 14.2 Å². The van der Waals surface area contributed by atoms with Crippen LogP contribution in [0.5, 0.6) is 0 Å². The highest BCUT2D eigenvalue weighted by Crippen LogP contribution is 2.37. The van der Waals surface area contributed by atoms with Crippen LogP contribution in [0.2, 0.25) is 0 Å². The quantitative estimate of drug-likeness (QED) is 0.698. The van der Waals surface area contributed by atoms with Gasteiger partial charge in [-0.3, -0.25) is 0 Å². The van der Waals surface area contributed by atoms with Crippen molar-refractivity contribution in [3.05, 3.63) is 48.3 Å². The van der Waals surface area contributed by atoms with Gasteiger partial charge >= 0.3 is 0 Å². The van der Waals surface area contributed by atoms with Crippen molar-refractivity contribution in [1.82, 2.24) is 0 Å². The van der Waals surface area contributed by atoms with E-state index in [2.05, 4.69) is 0 Å². The van der Waals surface area contributed by atoms with Gasteiger partial charge in [-0.15, -0.1) is 0 Å². The van der Waals surface area contributed by atoms with E-state index in [4.69, 9.17) is 23.0 Å². The molecule has 4 heterocycles. The summed E-state index contributed by atoms with van der Waals surface area (Å²) in [4.78, 5) is 0. The molecular formula is C16H18O5. The number of rotatable bonds is 8. The Bertz CT molecular complexity index is 489. The second-order valence-electron chi connectivity index (χ2n) is 5.53. The second kappa shape index (κ2) is 5.67. The van der Waals surface area contributed by atoms with E-state index in [1.54, 1.807) is 12.5 Å². The van der Waals surface area contributed by atoms with Crippen LogP contribution in [0.4, 0.5) is 0 Å². The van der Waals surface area contributed by atoms with Crippen LogP contribution >= 0.6 is 0 Å². The molecule has 0 bridgehead atoms. The van der Waals surface area contributed by atoms with E-state index in [9.17, 15) is 0 Å². The van der Waals surface area contributed by atoms with Crippen molar-refractivity contribution in [3.8, 4) is 0 Å². The van der Waals surface area contributed by atoms with E-state index in [-0.39, 0.29) is 24.4 Å². The Morgan fingerprint density at radius 1 is 0.905 bits per heavy atom. The molecule has 0 spiro atoms. The maximum Gasteiger partial charge on any atom is 0.132 e. The van der Waals surface area contributed by atoms with Crippen LogP contribution < -0.4 is 0 Å². The minimum Gasteiger partial charge on any atom is -0.467 e. The van der Waals surface area contributed by atoms with Crippen molar-refractivity contribution < 1.29 is 23.0 Å². The minimum absolute atomic E-state index is 0.124. The van der Waals surface area contributed by atoms with Crippen molar-refractivity contribution in [2.45, 2.75) is 37.3 Å². The summed E-state index contributed by atoms with van der Waals surface area (Å²) in [5.74, 6) is 1.66. The van der Waals surface area contributed by atoms with E-state index >= 15 is 0 Å². The number of hydrogen-bond acceptors (Lipinski definition) is 5. The predicted octanol–water partition coefficient (Wildman–Crippen LogP) is 3.25. The van der Waals surface area contributed by atoms with Crippen molar-refractivity contribution >= 4 is 0 Å². The monoisotopic (exact) mass is 290 g/mol. The molecule has 5 heteroatoms. The second-order valence-corrected chi connectivity index (χ2v) is 5.53. The minimum atomic E-state index is -0.124. The fraction of sp³-hybridized carbons (Fsp3) is 0.500. The van der Waals surface area contributed by atoms with Crippen LogP contribution in [0.15, 0.2) is 45.6 Å². The fourth-order valence-corrected chi connectivity index (χ4v) is 2.51. The van der Waals surface area contributed by atoms with E-state index in [0.717, 1.165) is 37.6 Å². The largest absolute Gasteiger partial charge is 0.467 e. The molecule has 2 aromatic rings. The van der Waals surface area contributed by atoms with Crippen molar-refractivity contribution in [2.75, 3.05) is 13.2 Å². The molecule has 2 aliphatic heterocycles. The molecule has 0 N–H and O–H groups in total. The molecule has 4 rings (SSSR count). The molecule has 2 saturated heterocycles. The first-order valence-corrected chi connectivity index (χ1v) is 7.34. The van der Waals surface area contributed by atoms with Crippen LogP contribution in [0.3, 0.4) is 0 Å². The molecule has 0 saturated carbocycles. The SMILES string of the molecule is c1coc(C(CC2CO2)OC(CC2CO2)c2ccco2)c1. The van der Waals surface area contributed by atoms with Gasteiger partial charge in [-0.25, -0.2) is 0 Å². The summed E-state index contributed by atoms with van der Waals surface area (Å²) in [5, 5.41) is 0. The summed E-state index contributed by atoms with van der Waals surface area (Å²) < 4.78 is 28.0. The third-order valence-corrected chi connectivity index (χ3v) is 3.81. The van der Waals surface area contributed by atoms with Gasteiger partial charge in [-0.05, 0) is 24.3 Å². The molecule has 4 atom stereocenters. The molecule has 0 aliphatic carbocycles. The highest BCUT2D eigenvalue weighted by Gasteiger charge is 2.35. The zero-order chi connectivity index (χ0) is 14.1. The highest BCUT2D eigenvalue weighted by molar-refractivity contribution is 5.07. The van der Waals surface area contributed by atoms with Gasteiger partial charge in [0.25, 0.3) is 0 Å². The van der Waals surface area contributed by atoms with Gasteiger partial charge in [0.2, 0.25) is 0 Å². The maximum absolute atomic E-state index is 6.29. The van der Waals surface area contributed by atoms with Crippen LogP contribution in [-0.4, -0.2) is 25.4 Å². The molecule has 0 amide bonds. The Morgan fingerprint density at radius 2 is 1.38 bits per heavy atom. The van der Waals surface area contributed by atoms with Crippen molar-refractivity contribution in [1.29, 1.82) is 0 Å². The lowest BCUT2D eigenvalue weighted by Gasteiger charge is -2.21. The Labute approximate surface area is 122 Å². The molecule has 0 aromatic carbocycles. The third kappa shape index (κ3) is 3.37. The smallest absolute Gasteiger partial charge is 0.132 e. The van der Waals surface area contributed by atoms with Gasteiger partial charge in [0.05, 0.1) is 37.9 Å². The molecule has 5 nitrogen and oxygen atoms in total. The third-order valence-electron chi connectivity index (χ3n) is 3.81. The summed E-state index contributed by atoms with van der Waals surface area (Å²) in [7, 11) is 0. The van der Waals surface area contributed by atoms with E-state index in [0.29, 0.717) is 0 Å². The Kier molecular flexibility index (Phi) is 3.55. The van der Waals surface area contributed by atoms with Crippen LogP contribution in [0.1, 0.15) is 36.6 Å². The Balaban J connectivity index is 1.50. The number of furan rings is 2. The molecule has 4 unspecified atom stereocenters. The lowest BCUT2D eigenvalue weighted by atomic mass is 10.1. The lowest BCUT2D eigenvalue weighted by molar-refractivity contribution is -0.0495. The van der Waals surface area contributed by atoms with Gasteiger partial charge in [-0.2, -0.15) is 0 Å². The number of ether oxygens (including phenoxy) is 3. The molecule has 2 fully saturated rings. The topological polar surface area (TPSA) is 60.6 Å². The van der Waals surface area contributed by atoms with Gasteiger partial charge in [0.1, 0.15) is 23.7 Å². The van der Waals surface area contributed by atoms with Crippen LogP contribution in [0.25, 0.3) is 0 Å². The normalized spacial score (nSPS) is 26.5. The average molecular weight is 290 g/mol. The zero-order valence-electron chi connectivity index (χ0n) is 11.6. The summed E-state index contributed by atoms with van der Waals surface area (Å²) >= 11 is 0. The number of epoxide rings is 2.